The number of alkyl halides is 1. The van der Waals surface area contributed by atoms with Gasteiger partial charge in [0.2, 0.25) is 0 Å². The Morgan fingerprint density at radius 2 is 1.95 bits per heavy atom. The summed E-state index contributed by atoms with van der Waals surface area (Å²) in [7, 11) is 3.34. The predicted molar refractivity (Wildman–Crippen MR) is 84.8 cm³/mol. The van der Waals surface area contributed by atoms with Gasteiger partial charge < -0.3 is 9.47 Å². The molecule has 1 fully saturated rings. The minimum atomic E-state index is 0.588. The molecular weight excluding hydrogens is 272 g/mol. The molecule has 0 saturated heterocycles. The van der Waals surface area contributed by atoms with E-state index >= 15 is 0 Å². The number of hydrogen-bond donors (Lipinski definition) is 0. The van der Waals surface area contributed by atoms with E-state index in [1.54, 1.807) is 14.2 Å². The van der Waals surface area contributed by atoms with Crippen molar-refractivity contribution in [2.75, 3.05) is 20.1 Å². The summed E-state index contributed by atoms with van der Waals surface area (Å²) in [5.74, 6) is 2.76. The highest BCUT2D eigenvalue weighted by Crippen LogP contribution is 2.36. The van der Waals surface area contributed by atoms with Crippen LogP contribution in [0, 0.1) is 5.92 Å². The topological polar surface area (TPSA) is 18.5 Å². The van der Waals surface area contributed by atoms with Crippen molar-refractivity contribution < 1.29 is 9.47 Å². The summed E-state index contributed by atoms with van der Waals surface area (Å²) in [4.78, 5) is 0. The molecule has 110 valence electrons. The molecule has 0 aromatic heterocycles. The summed E-state index contributed by atoms with van der Waals surface area (Å²) in [6, 6.07) is 5.95. The monoisotopic (exact) mass is 294 g/mol. The van der Waals surface area contributed by atoms with Crippen LogP contribution in [0.15, 0.2) is 23.8 Å². The maximum absolute atomic E-state index is 6.18. The summed E-state index contributed by atoms with van der Waals surface area (Å²) in [5.41, 5.74) is 2.37. The van der Waals surface area contributed by atoms with Gasteiger partial charge in [0, 0.05) is 11.4 Å². The number of halogens is 1. The highest BCUT2D eigenvalue weighted by Gasteiger charge is 2.18. The van der Waals surface area contributed by atoms with Gasteiger partial charge in [-0.1, -0.05) is 43.0 Å². The third-order valence-electron chi connectivity index (χ3n) is 4.06. The Balaban J connectivity index is 2.31. The molecule has 20 heavy (non-hydrogen) atoms. The van der Waals surface area contributed by atoms with Gasteiger partial charge in [-0.05, 0) is 24.8 Å². The van der Waals surface area contributed by atoms with Gasteiger partial charge in [-0.15, -0.1) is 11.6 Å². The molecule has 1 saturated carbocycles. The zero-order chi connectivity index (χ0) is 14.4. The molecule has 0 aliphatic heterocycles. The number of ether oxygens (including phenoxy) is 2. The molecule has 0 spiro atoms. The van der Waals surface area contributed by atoms with Crippen LogP contribution >= 0.6 is 11.6 Å². The lowest BCUT2D eigenvalue weighted by atomic mass is 9.83. The second-order valence-electron chi connectivity index (χ2n) is 5.27. The molecule has 1 aliphatic carbocycles. The molecule has 2 rings (SSSR count). The van der Waals surface area contributed by atoms with Gasteiger partial charge in [0.05, 0.1) is 14.2 Å². The molecule has 0 atom stereocenters. The van der Waals surface area contributed by atoms with E-state index in [2.05, 4.69) is 12.1 Å². The lowest BCUT2D eigenvalue weighted by Gasteiger charge is -2.23. The van der Waals surface area contributed by atoms with Gasteiger partial charge in [-0.2, -0.15) is 0 Å². The fraction of sp³-hybridized carbons (Fsp3) is 0.529. The van der Waals surface area contributed by atoms with E-state index in [1.807, 2.05) is 12.1 Å². The van der Waals surface area contributed by atoms with Gasteiger partial charge in [0.15, 0.2) is 11.5 Å². The van der Waals surface area contributed by atoms with Crippen molar-refractivity contribution in [2.24, 2.45) is 5.92 Å². The Kier molecular flexibility index (Phi) is 5.78. The Bertz CT molecular complexity index is 462. The number of rotatable bonds is 5. The van der Waals surface area contributed by atoms with Gasteiger partial charge >= 0.3 is 0 Å². The fourth-order valence-electron chi connectivity index (χ4n) is 2.96. The van der Waals surface area contributed by atoms with Crippen LogP contribution in [0.2, 0.25) is 0 Å². The first kappa shape index (κ1) is 15.2. The molecule has 0 N–H and O–H groups in total. The van der Waals surface area contributed by atoms with Crippen molar-refractivity contribution in [1.29, 1.82) is 0 Å². The van der Waals surface area contributed by atoms with Crippen LogP contribution in [0.1, 0.15) is 37.7 Å². The van der Waals surface area contributed by atoms with Gasteiger partial charge in [0.1, 0.15) is 0 Å². The molecule has 0 bridgehead atoms. The van der Waals surface area contributed by atoms with Gasteiger partial charge in [-0.3, -0.25) is 0 Å². The zero-order valence-corrected chi connectivity index (χ0v) is 13.1. The van der Waals surface area contributed by atoms with Crippen molar-refractivity contribution in [2.45, 2.75) is 32.1 Å². The lowest BCUT2D eigenvalue weighted by Crippen LogP contribution is -2.10. The predicted octanol–water partition coefficient (Wildman–Crippen LogP) is 4.91. The molecule has 1 aromatic rings. The second kappa shape index (κ2) is 7.58. The van der Waals surface area contributed by atoms with Crippen molar-refractivity contribution in [3.05, 3.63) is 29.3 Å². The van der Waals surface area contributed by atoms with Crippen LogP contribution in [-0.2, 0) is 0 Å². The van der Waals surface area contributed by atoms with E-state index < -0.39 is 0 Å². The molecule has 0 heterocycles. The van der Waals surface area contributed by atoms with Crippen LogP contribution < -0.4 is 9.47 Å². The normalized spacial score (nSPS) is 17.1. The lowest BCUT2D eigenvalue weighted by molar-refractivity contribution is 0.354. The third kappa shape index (κ3) is 3.49. The number of benzene rings is 1. The number of methoxy groups -OCH3 is 2. The van der Waals surface area contributed by atoms with Crippen LogP contribution in [0.25, 0.3) is 6.08 Å². The third-order valence-corrected chi connectivity index (χ3v) is 4.37. The maximum Gasteiger partial charge on any atom is 0.167 e. The molecule has 3 heteroatoms. The minimum absolute atomic E-state index is 0.588. The Hall–Kier alpha value is -1.15. The summed E-state index contributed by atoms with van der Waals surface area (Å²) >= 11 is 6.18. The molecule has 1 aromatic carbocycles. The average molecular weight is 295 g/mol. The standard InChI is InChI=1S/C17H23ClO2/c1-19-16-10-6-9-14(17(16)20-2)11-15(12-18)13-7-4-3-5-8-13/h6,9-11,13H,3-5,7-8,12H2,1-2H3/b15-11-. The van der Waals surface area contributed by atoms with E-state index in [4.69, 9.17) is 21.1 Å². The van der Waals surface area contributed by atoms with Crippen LogP contribution in [-0.4, -0.2) is 20.1 Å². The van der Waals surface area contributed by atoms with E-state index in [0.717, 1.165) is 17.1 Å². The first-order valence-corrected chi connectivity index (χ1v) is 7.81. The molecule has 0 radical (unpaired) electrons. The van der Waals surface area contributed by atoms with Crippen LogP contribution in [0.5, 0.6) is 11.5 Å². The number of para-hydroxylation sites is 1. The Morgan fingerprint density at radius 3 is 2.55 bits per heavy atom. The second-order valence-corrected chi connectivity index (χ2v) is 5.54. The SMILES string of the molecule is COc1cccc(/C=C(/CCl)C2CCCCC2)c1OC. The summed E-state index contributed by atoms with van der Waals surface area (Å²) in [6.07, 6.45) is 8.68. The van der Waals surface area contributed by atoms with E-state index in [0.29, 0.717) is 11.8 Å². The first-order chi connectivity index (χ1) is 9.80. The van der Waals surface area contributed by atoms with Gasteiger partial charge in [0.25, 0.3) is 0 Å². The van der Waals surface area contributed by atoms with Crippen molar-refractivity contribution in [3.63, 3.8) is 0 Å². The number of allylic oxidation sites excluding steroid dienone is 1. The number of hydrogen-bond acceptors (Lipinski definition) is 2. The van der Waals surface area contributed by atoms with Crippen molar-refractivity contribution in [1.82, 2.24) is 0 Å². The summed E-state index contributed by atoms with van der Waals surface area (Å²) < 4.78 is 10.8. The molecule has 2 nitrogen and oxygen atoms in total. The van der Waals surface area contributed by atoms with E-state index in [9.17, 15) is 0 Å². The van der Waals surface area contributed by atoms with Crippen LogP contribution in [0.3, 0.4) is 0 Å². The van der Waals surface area contributed by atoms with E-state index in [-0.39, 0.29) is 0 Å². The maximum atomic E-state index is 6.18. The zero-order valence-electron chi connectivity index (χ0n) is 12.3. The summed E-state index contributed by atoms with van der Waals surface area (Å²) in [6.45, 7) is 0. The largest absolute Gasteiger partial charge is 0.493 e. The van der Waals surface area contributed by atoms with Crippen LogP contribution in [0.4, 0.5) is 0 Å². The van der Waals surface area contributed by atoms with E-state index in [1.165, 1.54) is 37.7 Å². The minimum Gasteiger partial charge on any atom is -0.493 e. The highest BCUT2D eigenvalue weighted by molar-refractivity contribution is 6.19. The Morgan fingerprint density at radius 1 is 1.20 bits per heavy atom. The van der Waals surface area contributed by atoms with Gasteiger partial charge in [-0.25, -0.2) is 0 Å². The fourth-order valence-corrected chi connectivity index (χ4v) is 3.26. The molecule has 0 amide bonds. The molecule has 0 unspecified atom stereocenters. The quantitative estimate of drug-likeness (QED) is 0.719. The average Bonchev–Trinajstić information content (AvgIpc) is 2.52. The smallest absolute Gasteiger partial charge is 0.167 e. The first-order valence-electron chi connectivity index (χ1n) is 7.27. The molecular formula is C17H23ClO2. The van der Waals surface area contributed by atoms with Crippen molar-refractivity contribution >= 4 is 17.7 Å². The van der Waals surface area contributed by atoms with Crippen molar-refractivity contribution in [3.8, 4) is 11.5 Å². The molecule has 1 aliphatic rings. The Labute approximate surface area is 126 Å². The highest BCUT2D eigenvalue weighted by atomic mass is 35.5. The summed E-state index contributed by atoms with van der Waals surface area (Å²) in [5, 5.41) is 0.